The van der Waals surface area contributed by atoms with E-state index in [1.807, 2.05) is 16.8 Å². The number of anilines is 1. The number of aromatic nitrogens is 4. The van der Waals surface area contributed by atoms with E-state index in [-0.39, 0.29) is 5.82 Å². The van der Waals surface area contributed by atoms with E-state index in [1.54, 1.807) is 18.5 Å². The van der Waals surface area contributed by atoms with Gasteiger partial charge in [0.05, 0.1) is 29.8 Å². The van der Waals surface area contributed by atoms with Gasteiger partial charge in [-0.3, -0.25) is 4.57 Å². The Kier molecular flexibility index (Phi) is 4.57. The average molecular weight is 373 g/mol. The first-order valence-corrected chi connectivity index (χ1v) is 8.80. The Morgan fingerprint density at radius 1 is 1.27 bits per heavy atom. The van der Waals surface area contributed by atoms with Crippen molar-refractivity contribution in [3.63, 3.8) is 0 Å². The second kappa shape index (κ2) is 7.01. The lowest BCUT2D eigenvalue weighted by Gasteiger charge is -2.34. The Labute approximate surface area is 155 Å². The van der Waals surface area contributed by atoms with Gasteiger partial charge in [0, 0.05) is 30.7 Å². The van der Waals surface area contributed by atoms with Gasteiger partial charge in [0.1, 0.15) is 17.5 Å². The Morgan fingerprint density at radius 3 is 2.92 bits per heavy atom. The van der Waals surface area contributed by atoms with Gasteiger partial charge in [-0.05, 0) is 31.2 Å². The highest BCUT2D eigenvalue weighted by Crippen LogP contribution is 2.30. The molecule has 0 saturated carbocycles. The molecule has 0 amide bonds. The minimum Gasteiger partial charge on any atom is -0.350 e. The molecule has 1 aliphatic heterocycles. The van der Waals surface area contributed by atoms with Crippen LogP contribution >= 0.6 is 11.6 Å². The van der Waals surface area contributed by atoms with Crippen molar-refractivity contribution >= 4 is 17.4 Å². The maximum atomic E-state index is 14.5. The highest BCUT2D eigenvalue weighted by molar-refractivity contribution is 6.30. The lowest BCUT2D eigenvalue weighted by atomic mass is 10.2. The van der Waals surface area contributed by atoms with Crippen molar-refractivity contribution in [1.29, 1.82) is 0 Å². The van der Waals surface area contributed by atoms with Crippen LogP contribution in [0.2, 0.25) is 5.02 Å². The van der Waals surface area contributed by atoms with Gasteiger partial charge in [-0.1, -0.05) is 11.6 Å². The first kappa shape index (κ1) is 16.9. The minimum absolute atomic E-state index is 0.291. The second-order valence-electron chi connectivity index (χ2n) is 6.26. The van der Waals surface area contributed by atoms with Gasteiger partial charge >= 0.3 is 0 Å². The van der Waals surface area contributed by atoms with Gasteiger partial charge < -0.3 is 10.2 Å². The first-order valence-electron chi connectivity index (χ1n) is 8.43. The van der Waals surface area contributed by atoms with Crippen LogP contribution in [0, 0.1) is 5.82 Å². The summed E-state index contributed by atoms with van der Waals surface area (Å²) in [6.07, 6.45) is 5.13. The van der Waals surface area contributed by atoms with Crippen LogP contribution in [-0.2, 0) is 0 Å². The summed E-state index contributed by atoms with van der Waals surface area (Å²) in [6, 6.07) is 6.58. The molecule has 1 fully saturated rings. The molecule has 1 N–H and O–H groups in total. The van der Waals surface area contributed by atoms with Crippen molar-refractivity contribution < 1.29 is 4.39 Å². The third-order valence-corrected chi connectivity index (χ3v) is 4.74. The van der Waals surface area contributed by atoms with Gasteiger partial charge in [0.25, 0.3) is 0 Å². The number of nitrogens with one attached hydrogen (secondary N) is 1. The number of imidazole rings is 1. The molecule has 8 heteroatoms. The van der Waals surface area contributed by atoms with Crippen LogP contribution in [0.3, 0.4) is 0 Å². The zero-order valence-corrected chi connectivity index (χ0v) is 15.0. The number of hydrogen-bond donors (Lipinski definition) is 1. The molecule has 4 rings (SSSR count). The van der Waals surface area contributed by atoms with E-state index in [0.29, 0.717) is 22.5 Å². The van der Waals surface area contributed by atoms with E-state index in [9.17, 15) is 4.39 Å². The summed E-state index contributed by atoms with van der Waals surface area (Å²) in [5, 5.41) is 11.6. The zero-order valence-electron chi connectivity index (χ0n) is 14.2. The minimum atomic E-state index is -0.372. The number of piperazine rings is 1. The predicted molar refractivity (Wildman–Crippen MR) is 99.2 cm³/mol. The Morgan fingerprint density at radius 2 is 2.15 bits per heavy atom. The van der Waals surface area contributed by atoms with Gasteiger partial charge in [-0.25, -0.2) is 9.37 Å². The van der Waals surface area contributed by atoms with Crippen molar-refractivity contribution in [2.24, 2.45) is 0 Å². The third kappa shape index (κ3) is 3.15. The maximum Gasteiger partial charge on any atom is 0.150 e. The molecule has 26 heavy (non-hydrogen) atoms. The molecule has 0 unspecified atom stereocenters. The molecule has 0 aliphatic carbocycles. The lowest BCUT2D eigenvalue weighted by molar-refractivity contribution is 0.498. The molecule has 1 atom stereocenters. The summed E-state index contributed by atoms with van der Waals surface area (Å²) < 4.78 is 16.3. The van der Waals surface area contributed by atoms with E-state index in [2.05, 4.69) is 27.3 Å². The van der Waals surface area contributed by atoms with E-state index in [4.69, 9.17) is 16.6 Å². The molecule has 1 aliphatic rings. The number of benzene rings is 1. The summed E-state index contributed by atoms with van der Waals surface area (Å²) in [5.74, 6) is 0.909. The van der Waals surface area contributed by atoms with E-state index in [1.165, 1.54) is 12.1 Å². The van der Waals surface area contributed by atoms with Crippen LogP contribution in [0.4, 0.5) is 10.2 Å². The fraction of sp³-hybridized carbons (Fsp3) is 0.278. The SMILES string of the molecule is C[C@@H]1CNCCN1c1cn(-c2ccnnc2)c(-c2cc(Cl)ccc2F)n1. The quantitative estimate of drug-likeness (QED) is 0.766. The largest absolute Gasteiger partial charge is 0.350 e. The molecule has 0 spiro atoms. The Balaban J connectivity index is 1.87. The van der Waals surface area contributed by atoms with Crippen LogP contribution < -0.4 is 10.2 Å². The van der Waals surface area contributed by atoms with E-state index >= 15 is 0 Å². The summed E-state index contributed by atoms with van der Waals surface area (Å²) in [4.78, 5) is 6.96. The Bertz CT molecular complexity index is 913. The summed E-state index contributed by atoms with van der Waals surface area (Å²) in [5.41, 5.74) is 1.11. The van der Waals surface area contributed by atoms with Gasteiger partial charge in [-0.2, -0.15) is 10.2 Å². The fourth-order valence-corrected chi connectivity index (χ4v) is 3.34. The van der Waals surface area contributed by atoms with Crippen LogP contribution in [-0.4, -0.2) is 45.4 Å². The highest BCUT2D eigenvalue weighted by Gasteiger charge is 2.24. The highest BCUT2D eigenvalue weighted by atomic mass is 35.5. The normalized spacial score (nSPS) is 17.5. The summed E-state index contributed by atoms with van der Waals surface area (Å²) in [6.45, 7) is 4.74. The van der Waals surface area contributed by atoms with Crippen LogP contribution in [0.25, 0.3) is 17.1 Å². The molecular formula is C18H18ClFN6. The lowest BCUT2D eigenvalue weighted by Crippen LogP contribution is -2.50. The number of hydrogen-bond acceptors (Lipinski definition) is 5. The summed E-state index contributed by atoms with van der Waals surface area (Å²) >= 11 is 6.10. The molecule has 1 aromatic carbocycles. The molecule has 0 radical (unpaired) electrons. The molecule has 0 bridgehead atoms. The van der Waals surface area contributed by atoms with Gasteiger partial charge in [0.15, 0.2) is 0 Å². The van der Waals surface area contributed by atoms with Crippen molar-refractivity contribution in [3.8, 4) is 17.1 Å². The number of nitrogens with zero attached hydrogens (tertiary/aromatic N) is 5. The van der Waals surface area contributed by atoms with Crippen molar-refractivity contribution in [1.82, 2.24) is 25.1 Å². The van der Waals surface area contributed by atoms with Crippen LogP contribution in [0.15, 0.2) is 42.9 Å². The van der Waals surface area contributed by atoms with Crippen LogP contribution in [0.5, 0.6) is 0 Å². The fourth-order valence-electron chi connectivity index (χ4n) is 3.17. The van der Waals surface area contributed by atoms with Gasteiger partial charge in [0.2, 0.25) is 0 Å². The maximum absolute atomic E-state index is 14.5. The number of rotatable bonds is 3. The van der Waals surface area contributed by atoms with Crippen molar-refractivity contribution in [2.45, 2.75) is 13.0 Å². The molecule has 1 saturated heterocycles. The molecule has 6 nitrogen and oxygen atoms in total. The third-order valence-electron chi connectivity index (χ3n) is 4.50. The van der Waals surface area contributed by atoms with E-state index < -0.39 is 0 Å². The van der Waals surface area contributed by atoms with Crippen molar-refractivity contribution in [2.75, 3.05) is 24.5 Å². The standard InChI is InChI=1S/C18H18ClFN6/c1-12-9-21-6-7-25(12)17-11-26(14-4-5-22-23-10-14)18(24-17)15-8-13(19)2-3-16(15)20/h2-5,8,10-12,21H,6-7,9H2,1H3/t12-/m1/s1. The first-order chi connectivity index (χ1) is 12.6. The summed E-state index contributed by atoms with van der Waals surface area (Å²) in [7, 11) is 0. The average Bonchev–Trinajstić information content (AvgIpc) is 3.10. The number of halogens is 2. The smallest absolute Gasteiger partial charge is 0.150 e. The predicted octanol–water partition coefficient (Wildman–Crippen LogP) is 2.92. The van der Waals surface area contributed by atoms with E-state index in [0.717, 1.165) is 31.1 Å². The second-order valence-corrected chi connectivity index (χ2v) is 6.70. The molecule has 3 aromatic rings. The van der Waals surface area contributed by atoms with Crippen LogP contribution in [0.1, 0.15) is 6.92 Å². The topological polar surface area (TPSA) is 58.9 Å². The molecular weight excluding hydrogens is 355 g/mol. The molecule has 2 aromatic heterocycles. The monoisotopic (exact) mass is 372 g/mol. The molecule has 3 heterocycles. The van der Waals surface area contributed by atoms with Crippen molar-refractivity contribution in [3.05, 3.63) is 53.7 Å². The zero-order chi connectivity index (χ0) is 18.1. The van der Waals surface area contributed by atoms with Gasteiger partial charge in [-0.15, -0.1) is 0 Å². The molecule has 134 valence electrons. The Hall–Kier alpha value is -2.51.